The Labute approximate surface area is 257 Å². The molecule has 0 aromatic rings. The first-order valence-corrected chi connectivity index (χ1v) is 15.5. The maximum absolute atomic E-state index is 11.8. The van der Waals surface area contributed by atoms with Gasteiger partial charge in [0.2, 0.25) is 0 Å². The van der Waals surface area contributed by atoms with E-state index < -0.39 is 49.4 Å². The third-order valence-electron chi connectivity index (χ3n) is 6.44. The van der Waals surface area contributed by atoms with Crippen LogP contribution in [0.4, 0.5) is 0 Å². The summed E-state index contributed by atoms with van der Waals surface area (Å²) in [5.74, 6) is -0.427. The fourth-order valence-corrected chi connectivity index (χ4v) is 3.95. The van der Waals surface area contributed by atoms with Gasteiger partial charge in [0.05, 0.1) is 19.8 Å². The van der Waals surface area contributed by atoms with E-state index in [1.807, 2.05) is 0 Å². The second-order valence-corrected chi connectivity index (χ2v) is 10.1. The fraction of sp³-hybridized carbons (Fsp3) is 0.618. The molecule has 0 aliphatic carbocycles. The summed E-state index contributed by atoms with van der Waals surface area (Å²) in [7, 11) is 0. The molecule has 1 aliphatic heterocycles. The highest BCUT2D eigenvalue weighted by atomic mass is 16.7. The number of carbonyl (C=O) groups excluding carboxylic acids is 1. The van der Waals surface area contributed by atoms with Gasteiger partial charge in [-0.3, -0.25) is 4.79 Å². The average molecular weight is 607 g/mol. The number of hydrogen-bond acceptors (Lipinski definition) is 9. The molecule has 6 atom stereocenters. The minimum Gasteiger partial charge on any atom is -0.457 e. The minimum atomic E-state index is -1.54. The van der Waals surface area contributed by atoms with Gasteiger partial charge >= 0.3 is 5.97 Å². The number of aliphatic hydroxyl groups is 4. The second-order valence-electron chi connectivity index (χ2n) is 10.1. The predicted molar refractivity (Wildman–Crippen MR) is 168 cm³/mol. The zero-order valence-electron chi connectivity index (χ0n) is 25.9. The molecule has 0 radical (unpaired) electrons. The SMILES string of the molecule is CC/C=C\C/C=C\C/C=C\C/C=C\C/C=C\C/C=C\CCCOCC(COC1OC(CO)C(O)C(O)C1O)OC(=O)CC. The Morgan fingerprint density at radius 1 is 0.744 bits per heavy atom. The summed E-state index contributed by atoms with van der Waals surface area (Å²) in [6.45, 7) is 3.66. The molecule has 1 heterocycles. The molecule has 1 saturated heterocycles. The Balaban J connectivity index is 2.19. The van der Waals surface area contributed by atoms with Crippen molar-refractivity contribution in [1.82, 2.24) is 0 Å². The highest BCUT2D eigenvalue weighted by Gasteiger charge is 2.44. The molecule has 1 aliphatic rings. The molecule has 1 fully saturated rings. The standard InChI is InChI=1S/C34H54O9/c1-3-5-6-7-8-9-10-11-12-13-14-15-16-17-18-19-20-21-22-23-24-40-26-28(42-30(36)4-2)27-41-34-33(39)32(38)31(37)29(25-35)43-34/h5-6,8-9,11-12,14-15,17-18,20-21,28-29,31-35,37-39H,3-4,7,10,13,16,19,22-27H2,1-2H3/b6-5-,9-8-,12-11-,15-14-,18-17-,21-20-. The fourth-order valence-electron chi connectivity index (χ4n) is 3.95. The lowest BCUT2D eigenvalue weighted by molar-refractivity contribution is -0.305. The van der Waals surface area contributed by atoms with Gasteiger partial charge < -0.3 is 39.4 Å². The molecule has 0 saturated carbocycles. The van der Waals surface area contributed by atoms with Crippen LogP contribution in [0.25, 0.3) is 0 Å². The van der Waals surface area contributed by atoms with Crippen LogP contribution in [0.2, 0.25) is 0 Å². The van der Waals surface area contributed by atoms with Crippen molar-refractivity contribution >= 4 is 5.97 Å². The van der Waals surface area contributed by atoms with Crippen molar-refractivity contribution in [3.8, 4) is 0 Å². The lowest BCUT2D eigenvalue weighted by Gasteiger charge is -2.39. The summed E-state index contributed by atoms with van der Waals surface area (Å²) in [6, 6.07) is 0. The molecule has 0 aromatic carbocycles. The van der Waals surface area contributed by atoms with Crippen LogP contribution in [0.1, 0.15) is 71.6 Å². The monoisotopic (exact) mass is 606 g/mol. The van der Waals surface area contributed by atoms with E-state index in [0.29, 0.717) is 6.61 Å². The molecule has 1 rings (SSSR count). The van der Waals surface area contributed by atoms with Gasteiger partial charge in [0.25, 0.3) is 0 Å². The van der Waals surface area contributed by atoms with E-state index in [4.69, 9.17) is 18.9 Å². The number of hydrogen-bond donors (Lipinski definition) is 4. The van der Waals surface area contributed by atoms with E-state index in [9.17, 15) is 25.2 Å². The molecular formula is C34H54O9. The molecular weight excluding hydrogens is 552 g/mol. The van der Waals surface area contributed by atoms with Gasteiger partial charge in [-0.15, -0.1) is 0 Å². The maximum Gasteiger partial charge on any atom is 0.305 e. The Bertz CT molecular complexity index is 875. The number of ether oxygens (including phenoxy) is 4. The summed E-state index contributed by atoms with van der Waals surface area (Å²) in [5, 5.41) is 39.2. The molecule has 9 heteroatoms. The molecule has 0 bridgehead atoms. The summed E-state index contributed by atoms with van der Waals surface area (Å²) in [4.78, 5) is 11.8. The largest absolute Gasteiger partial charge is 0.457 e. The molecule has 43 heavy (non-hydrogen) atoms. The van der Waals surface area contributed by atoms with Gasteiger partial charge in [0, 0.05) is 13.0 Å². The van der Waals surface area contributed by atoms with Crippen molar-refractivity contribution < 1.29 is 44.2 Å². The first kappa shape index (κ1) is 38.7. The second kappa shape index (κ2) is 26.1. The quantitative estimate of drug-likeness (QED) is 0.0747. The van der Waals surface area contributed by atoms with Crippen LogP contribution in [0.3, 0.4) is 0 Å². The topological polar surface area (TPSA) is 135 Å². The zero-order chi connectivity index (χ0) is 31.5. The van der Waals surface area contributed by atoms with Crippen molar-refractivity contribution in [2.45, 2.75) is 108 Å². The number of carbonyl (C=O) groups is 1. The highest BCUT2D eigenvalue weighted by Crippen LogP contribution is 2.22. The normalized spacial score (nSPS) is 24.1. The Morgan fingerprint density at radius 3 is 1.79 bits per heavy atom. The van der Waals surface area contributed by atoms with Crippen molar-refractivity contribution in [3.05, 3.63) is 72.9 Å². The molecule has 9 nitrogen and oxygen atoms in total. The summed E-state index contributed by atoms with van der Waals surface area (Å²) in [5.41, 5.74) is 0. The van der Waals surface area contributed by atoms with Crippen LogP contribution in [-0.2, 0) is 23.7 Å². The van der Waals surface area contributed by atoms with Gasteiger partial charge in [-0.2, -0.15) is 0 Å². The number of esters is 1. The zero-order valence-corrected chi connectivity index (χ0v) is 25.9. The van der Waals surface area contributed by atoms with E-state index in [1.165, 1.54) is 0 Å². The molecule has 4 N–H and O–H groups in total. The van der Waals surface area contributed by atoms with Crippen LogP contribution in [-0.4, -0.2) is 89.6 Å². The van der Waals surface area contributed by atoms with Gasteiger partial charge in [0.15, 0.2) is 6.29 Å². The Hall–Kier alpha value is -2.37. The van der Waals surface area contributed by atoms with Gasteiger partial charge in [-0.1, -0.05) is 86.8 Å². The smallest absolute Gasteiger partial charge is 0.305 e. The Morgan fingerprint density at radius 2 is 1.28 bits per heavy atom. The first-order chi connectivity index (χ1) is 20.9. The molecule has 6 unspecified atom stereocenters. The first-order valence-electron chi connectivity index (χ1n) is 15.5. The van der Waals surface area contributed by atoms with Crippen LogP contribution in [0.15, 0.2) is 72.9 Å². The van der Waals surface area contributed by atoms with Gasteiger partial charge in [-0.25, -0.2) is 0 Å². The van der Waals surface area contributed by atoms with Crippen molar-refractivity contribution in [1.29, 1.82) is 0 Å². The predicted octanol–water partition coefficient (Wildman–Crippen LogP) is 4.62. The van der Waals surface area contributed by atoms with E-state index in [1.54, 1.807) is 6.92 Å². The van der Waals surface area contributed by atoms with E-state index >= 15 is 0 Å². The van der Waals surface area contributed by atoms with E-state index in [0.717, 1.165) is 51.4 Å². The maximum atomic E-state index is 11.8. The number of rotatable bonds is 23. The number of aliphatic hydroxyl groups excluding tert-OH is 4. The minimum absolute atomic E-state index is 0.0902. The van der Waals surface area contributed by atoms with Crippen molar-refractivity contribution in [2.24, 2.45) is 0 Å². The summed E-state index contributed by atoms with van der Waals surface area (Å²) in [6.07, 6.45) is 26.0. The van der Waals surface area contributed by atoms with Crippen molar-refractivity contribution in [3.63, 3.8) is 0 Å². The lowest BCUT2D eigenvalue weighted by Crippen LogP contribution is -2.59. The third kappa shape index (κ3) is 18.8. The number of unbranched alkanes of at least 4 members (excludes halogenated alkanes) is 1. The van der Waals surface area contributed by atoms with Gasteiger partial charge in [0.1, 0.15) is 30.5 Å². The van der Waals surface area contributed by atoms with E-state index in [-0.39, 0.29) is 19.6 Å². The van der Waals surface area contributed by atoms with Crippen molar-refractivity contribution in [2.75, 3.05) is 26.4 Å². The molecule has 0 spiro atoms. The van der Waals surface area contributed by atoms with Gasteiger partial charge in [-0.05, 0) is 51.4 Å². The molecule has 0 amide bonds. The number of allylic oxidation sites excluding steroid dienone is 12. The molecule has 0 aromatic heterocycles. The summed E-state index contributed by atoms with van der Waals surface area (Å²) >= 11 is 0. The summed E-state index contributed by atoms with van der Waals surface area (Å²) < 4.78 is 21.9. The molecule has 244 valence electrons. The van der Waals surface area contributed by atoms with Crippen LogP contribution in [0.5, 0.6) is 0 Å². The highest BCUT2D eigenvalue weighted by molar-refractivity contribution is 5.69. The van der Waals surface area contributed by atoms with Crippen LogP contribution < -0.4 is 0 Å². The average Bonchev–Trinajstić information content (AvgIpc) is 3.01. The third-order valence-corrected chi connectivity index (χ3v) is 6.44. The van der Waals surface area contributed by atoms with Crippen LogP contribution >= 0.6 is 0 Å². The van der Waals surface area contributed by atoms with Crippen LogP contribution in [0, 0.1) is 0 Å². The van der Waals surface area contributed by atoms with E-state index in [2.05, 4.69) is 79.8 Å². The Kier molecular flexibility index (Phi) is 23.4. The lowest BCUT2D eigenvalue weighted by atomic mass is 9.99.